The predicted octanol–water partition coefficient (Wildman–Crippen LogP) is 3.92. The first kappa shape index (κ1) is 19.4. The van der Waals surface area contributed by atoms with E-state index in [2.05, 4.69) is 15.6 Å². The number of hydrogen-bond acceptors (Lipinski definition) is 3. The van der Waals surface area contributed by atoms with Gasteiger partial charge < -0.3 is 0 Å². The summed E-state index contributed by atoms with van der Waals surface area (Å²) in [6.07, 6.45) is 2.55. The standard InChI is InChI=1S/C20H18ClN3O2Se/c1-13-6-5-9-15(21)18(13)24-19(26)16-12-22-20(27-16)23-17(25)11-10-14-7-3-2-4-8-14/h2-9,12H,10-11H2,1H3,(H,24,26)(H,22,23,25). The van der Waals surface area contributed by atoms with Gasteiger partial charge in [0, 0.05) is 0 Å². The van der Waals surface area contributed by atoms with Gasteiger partial charge in [-0.15, -0.1) is 0 Å². The molecule has 3 rings (SSSR count). The zero-order chi connectivity index (χ0) is 19.2. The van der Waals surface area contributed by atoms with Crippen LogP contribution < -0.4 is 10.6 Å². The van der Waals surface area contributed by atoms with E-state index in [0.717, 1.165) is 11.1 Å². The zero-order valence-corrected chi connectivity index (χ0v) is 17.1. The summed E-state index contributed by atoms with van der Waals surface area (Å²) < 4.78 is 1.08. The van der Waals surface area contributed by atoms with Crippen LogP contribution in [0.2, 0.25) is 5.02 Å². The number of aromatic nitrogens is 1. The molecule has 2 N–H and O–H groups in total. The van der Waals surface area contributed by atoms with Crippen molar-refractivity contribution in [2.45, 2.75) is 19.8 Å². The van der Waals surface area contributed by atoms with Gasteiger partial charge in [0.25, 0.3) is 0 Å². The van der Waals surface area contributed by atoms with E-state index in [9.17, 15) is 9.59 Å². The van der Waals surface area contributed by atoms with Crippen LogP contribution in [0.4, 0.5) is 10.4 Å². The van der Waals surface area contributed by atoms with Gasteiger partial charge in [-0.25, -0.2) is 0 Å². The average Bonchev–Trinajstić information content (AvgIpc) is 3.12. The number of para-hydroxylation sites is 1. The van der Waals surface area contributed by atoms with Crippen LogP contribution in [0, 0.1) is 6.92 Å². The molecule has 7 heteroatoms. The van der Waals surface area contributed by atoms with E-state index in [1.54, 1.807) is 6.07 Å². The maximum absolute atomic E-state index is 12.5. The van der Waals surface area contributed by atoms with Crippen LogP contribution in [0.1, 0.15) is 26.8 Å². The molecule has 138 valence electrons. The molecule has 1 heterocycles. The normalized spacial score (nSPS) is 10.4. The molecule has 0 fully saturated rings. The van der Waals surface area contributed by atoms with Gasteiger partial charge in [0.2, 0.25) is 0 Å². The summed E-state index contributed by atoms with van der Waals surface area (Å²) in [5.74, 6) is -0.347. The molecule has 2 amide bonds. The van der Waals surface area contributed by atoms with Gasteiger partial charge in [-0.3, -0.25) is 0 Å². The monoisotopic (exact) mass is 447 g/mol. The molecule has 0 saturated carbocycles. The quantitative estimate of drug-likeness (QED) is 0.564. The second kappa shape index (κ2) is 9.00. The molecule has 0 aliphatic rings. The molecule has 3 aromatic rings. The number of rotatable bonds is 6. The van der Waals surface area contributed by atoms with Crippen molar-refractivity contribution in [2.24, 2.45) is 0 Å². The van der Waals surface area contributed by atoms with Crippen molar-refractivity contribution in [3.8, 4) is 0 Å². The summed E-state index contributed by atoms with van der Waals surface area (Å²) in [6.45, 7) is 1.88. The van der Waals surface area contributed by atoms with Crippen molar-refractivity contribution >= 4 is 48.3 Å². The molecular formula is C20H18ClN3O2Se. The second-order valence-corrected chi connectivity index (χ2v) is 8.52. The van der Waals surface area contributed by atoms with E-state index >= 15 is 0 Å². The van der Waals surface area contributed by atoms with Gasteiger partial charge in [0.05, 0.1) is 0 Å². The van der Waals surface area contributed by atoms with E-state index in [-0.39, 0.29) is 26.3 Å². The average molecular weight is 447 g/mol. The predicted molar refractivity (Wildman–Crippen MR) is 109 cm³/mol. The summed E-state index contributed by atoms with van der Waals surface area (Å²) >= 11 is 5.80. The Bertz CT molecular complexity index is 937. The van der Waals surface area contributed by atoms with Crippen LogP contribution in [0.5, 0.6) is 0 Å². The van der Waals surface area contributed by atoms with E-state index in [1.807, 2.05) is 49.4 Å². The molecule has 27 heavy (non-hydrogen) atoms. The van der Waals surface area contributed by atoms with Crippen LogP contribution in [-0.4, -0.2) is 31.3 Å². The Morgan fingerprint density at radius 2 is 1.85 bits per heavy atom. The number of aryl methyl sites for hydroxylation is 2. The minimum atomic E-state index is -0.346. The number of anilines is 2. The van der Waals surface area contributed by atoms with Crippen LogP contribution in [0.25, 0.3) is 0 Å². The van der Waals surface area contributed by atoms with E-state index in [1.165, 1.54) is 6.20 Å². The first-order chi connectivity index (χ1) is 13.0. The summed E-state index contributed by atoms with van der Waals surface area (Å²) in [5, 5.41) is 6.12. The minimum absolute atomic E-state index is 0.100. The van der Waals surface area contributed by atoms with Gasteiger partial charge >= 0.3 is 169 Å². The molecule has 0 spiro atoms. The Morgan fingerprint density at radius 3 is 2.59 bits per heavy atom. The molecular weight excluding hydrogens is 429 g/mol. The van der Waals surface area contributed by atoms with E-state index in [0.29, 0.717) is 32.7 Å². The summed E-state index contributed by atoms with van der Waals surface area (Å²) in [6, 6.07) is 15.3. The van der Waals surface area contributed by atoms with Crippen molar-refractivity contribution in [3.63, 3.8) is 0 Å². The number of carbonyl (C=O) groups excluding carboxylic acids is 2. The Labute approximate surface area is 168 Å². The summed E-state index contributed by atoms with van der Waals surface area (Å²) in [5.41, 5.74) is 2.60. The number of hydrogen-bond donors (Lipinski definition) is 2. The maximum atomic E-state index is 12.5. The number of nitrogens with zero attached hydrogens (tertiary/aromatic N) is 1. The molecule has 2 aromatic carbocycles. The van der Waals surface area contributed by atoms with Gasteiger partial charge in [-0.1, -0.05) is 0 Å². The Morgan fingerprint density at radius 1 is 1.07 bits per heavy atom. The number of carbonyl (C=O) groups is 2. The van der Waals surface area contributed by atoms with Crippen LogP contribution in [-0.2, 0) is 11.2 Å². The molecule has 1 aromatic heterocycles. The van der Waals surface area contributed by atoms with Crippen LogP contribution in [0.15, 0.2) is 54.7 Å². The summed E-state index contributed by atoms with van der Waals surface area (Å²) in [7, 11) is 0. The van der Waals surface area contributed by atoms with Gasteiger partial charge in [-0.2, -0.15) is 0 Å². The fourth-order valence-electron chi connectivity index (χ4n) is 2.49. The van der Waals surface area contributed by atoms with Crippen molar-refractivity contribution in [1.29, 1.82) is 0 Å². The number of nitrogens with one attached hydrogen (secondary N) is 2. The first-order valence-corrected chi connectivity index (χ1v) is 10.5. The Hall–Kier alpha value is -2.40. The van der Waals surface area contributed by atoms with E-state index < -0.39 is 0 Å². The number of amides is 2. The third-order valence-corrected chi connectivity index (χ3v) is 6.15. The zero-order valence-electron chi connectivity index (χ0n) is 14.7. The summed E-state index contributed by atoms with van der Waals surface area (Å²) in [4.78, 5) is 28.7. The molecule has 0 atom stereocenters. The third kappa shape index (κ3) is 5.30. The first-order valence-electron chi connectivity index (χ1n) is 8.39. The fraction of sp³-hybridized carbons (Fsp3) is 0.150. The van der Waals surface area contributed by atoms with Crippen molar-refractivity contribution in [3.05, 3.63) is 75.3 Å². The van der Waals surface area contributed by atoms with Gasteiger partial charge in [0.15, 0.2) is 0 Å². The SMILES string of the molecule is Cc1cccc(Cl)c1NC(=O)c1cnc(NC(=O)CCc2ccccc2)[se]1. The second-order valence-electron chi connectivity index (χ2n) is 5.95. The molecule has 0 saturated heterocycles. The third-order valence-electron chi connectivity index (χ3n) is 3.92. The Kier molecular flexibility index (Phi) is 6.45. The number of benzene rings is 2. The molecule has 0 aliphatic carbocycles. The van der Waals surface area contributed by atoms with E-state index in [4.69, 9.17) is 11.6 Å². The van der Waals surface area contributed by atoms with Gasteiger partial charge in [0.1, 0.15) is 0 Å². The van der Waals surface area contributed by atoms with Crippen molar-refractivity contribution in [2.75, 3.05) is 10.6 Å². The molecule has 5 nitrogen and oxygen atoms in total. The molecule has 0 bridgehead atoms. The van der Waals surface area contributed by atoms with Crippen LogP contribution in [0.3, 0.4) is 0 Å². The molecule has 0 radical (unpaired) electrons. The molecule has 0 unspecified atom stereocenters. The van der Waals surface area contributed by atoms with Crippen LogP contribution >= 0.6 is 11.6 Å². The molecule has 0 aliphatic heterocycles. The Balaban J connectivity index is 1.57. The fourth-order valence-corrected chi connectivity index (χ4v) is 4.28. The van der Waals surface area contributed by atoms with Crippen molar-refractivity contribution in [1.82, 2.24) is 4.98 Å². The topological polar surface area (TPSA) is 71.1 Å². The van der Waals surface area contributed by atoms with Crippen molar-refractivity contribution < 1.29 is 9.59 Å². The van der Waals surface area contributed by atoms with Gasteiger partial charge in [-0.05, 0) is 0 Å². The number of halogens is 1.